The summed E-state index contributed by atoms with van der Waals surface area (Å²) in [4.78, 5) is 59.8. The monoisotopic (exact) mass is 1840 g/mol. The van der Waals surface area contributed by atoms with E-state index in [0.717, 1.165) is 116 Å². The lowest BCUT2D eigenvalue weighted by molar-refractivity contribution is -0.121. The summed E-state index contributed by atoms with van der Waals surface area (Å²) in [6.07, 6.45) is 2.92. The highest BCUT2D eigenvalue weighted by atomic mass is 35.5. The third-order valence-electron chi connectivity index (χ3n) is 20.4. The number of hydrogen-bond acceptors (Lipinski definition) is 20. The van der Waals surface area contributed by atoms with Crippen LogP contribution in [0, 0.1) is 13.8 Å². The average Bonchev–Trinajstić information content (AvgIpc) is 1.58. The number of methoxy groups -OCH3 is 5. The molecule has 5 aliphatic heterocycles. The van der Waals surface area contributed by atoms with Crippen molar-refractivity contribution >= 4 is 140 Å². The second kappa shape index (κ2) is 43.8. The van der Waals surface area contributed by atoms with Crippen LogP contribution in [-0.4, -0.2) is 165 Å². The number of hydrogen-bond donors (Lipinski definition) is 6. The molecular formula is C90H122ClN11O16P4S2. The van der Waals surface area contributed by atoms with Crippen LogP contribution in [0.5, 0.6) is 28.7 Å². The summed E-state index contributed by atoms with van der Waals surface area (Å²) < 4.78 is 99.4. The molecule has 0 spiro atoms. The Bertz CT molecular complexity index is 5710. The van der Waals surface area contributed by atoms with Gasteiger partial charge >= 0.3 is 18.3 Å². The highest BCUT2D eigenvalue weighted by Crippen LogP contribution is 2.60. The van der Waals surface area contributed by atoms with Crippen LogP contribution in [0.25, 0.3) is 43.6 Å². The number of anilines is 1. The molecule has 672 valence electrons. The molecule has 34 heteroatoms. The Hall–Kier alpha value is -9.23. The maximum atomic E-state index is 13.7. The van der Waals surface area contributed by atoms with Gasteiger partial charge < -0.3 is 78.6 Å². The lowest BCUT2D eigenvalue weighted by Crippen LogP contribution is -2.41. The second-order valence-corrected chi connectivity index (χ2v) is 48.0. The standard InChI is InChI=1S/C24H28N2O5S.C19H20N2O3S.C17H22N2O3.C12H14N2O.C10H17NO3.C7H10N2O.CH4.ClH.H6P4/c1-16-6-9-18(10-7-16)32(28,29)26-21-11-8-17(30-5)14-19(21)20-15-25(13-12-22(20)26)23(27)31-24(2,3)4;1-13-3-6-15(7-4-13)25(22,23)21-18-8-5-14(24-2)11-16(18)17-12-20-10-9-19(17)21;1-17(2,3)22-16(20)19-8-7-15-13(10-19)12-9-11(21-4)5-6-14(12)18-15;1-15-8-2-3-11-9(6-8)10-7-13-5-4-12(10)14-11;1-10(2,3)14-9(13)11-6-4-8(12)5-7-11;1-10-7-4-2-6(9-8)3-5-7;;;1-4(2)3/h6-11,14H,12-13,15H2,1-5H3;3-8,11,20H,9-10,12H2,1-2H3;5-6,9,18H,7-8,10H2,1-4H3;2-3,6,13-14H,4-5,7H2,1H3;4-7H2,1-3H3;2-5,9H,8H2,1H3;1H4;1H;1-3H2. The fraction of sp³-hybridized carbons (Fsp3) is 0.400. The number of aromatic amines is 2. The quantitative estimate of drug-likeness (QED) is 0.0321. The van der Waals surface area contributed by atoms with Gasteiger partial charge in [0.15, 0.2) is 0 Å². The van der Waals surface area contributed by atoms with Gasteiger partial charge in [-0.3, -0.25) is 10.6 Å². The minimum Gasteiger partial charge on any atom is -0.497 e. The number of ketones is 1. The molecule has 11 aromatic rings. The predicted molar refractivity (Wildman–Crippen MR) is 509 cm³/mol. The Morgan fingerprint density at radius 1 is 0.435 bits per heavy atom. The van der Waals surface area contributed by atoms with E-state index < -0.39 is 42.9 Å². The zero-order chi connectivity index (χ0) is 88.8. The minimum absolute atomic E-state index is 0. The summed E-state index contributed by atoms with van der Waals surface area (Å²) in [5.41, 5.74) is 16.0. The molecule has 1 saturated heterocycles. The molecule has 0 saturated carbocycles. The molecule has 7 aromatic carbocycles. The number of likely N-dealkylation sites (tertiary alicyclic amines) is 1. The first kappa shape index (κ1) is 100. The predicted octanol–water partition coefficient (Wildman–Crippen LogP) is 18.1. The zero-order valence-corrected chi connectivity index (χ0v) is 79.7. The third kappa shape index (κ3) is 25.8. The minimum atomic E-state index is -3.83. The van der Waals surface area contributed by atoms with Gasteiger partial charge in [-0.2, -0.15) is 0 Å². The van der Waals surface area contributed by atoms with Gasteiger partial charge in [-0.15, -0.1) is 39.2 Å². The molecule has 3 unspecified atom stereocenters. The van der Waals surface area contributed by atoms with E-state index in [2.05, 4.69) is 64.9 Å². The number of ether oxygens (including phenoxy) is 8. The average molecular weight is 1840 g/mol. The number of hydrazine groups is 1. The lowest BCUT2D eigenvalue weighted by Gasteiger charge is -2.30. The van der Waals surface area contributed by atoms with Crippen molar-refractivity contribution in [3.8, 4) is 28.7 Å². The number of nitrogen functional groups attached to an aromatic ring is 1. The van der Waals surface area contributed by atoms with E-state index in [1.54, 1.807) is 98.8 Å². The van der Waals surface area contributed by atoms with Crippen molar-refractivity contribution in [3.63, 3.8) is 0 Å². The molecule has 1 fully saturated rings. The highest BCUT2D eigenvalue weighted by molar-refractivity contribution is 8.65. The van der Waals surface area contributed by atoms with Crippen molar-refractivity contribution in [2.24, 2.45) is 5.84 Å². The fourth-order valence-electron chi connectivity index (χ4n) is 14.4. The SMILES string of the molecule is C.CC(C)(C)OC(=O)N1CCC(=O)CC1.COc1ccc(NN)cc1.COc1ccc2[nH]c3c(c2c1)CN(C(=O)OC(C)(C)C)CC3.COc1ccc2[nH]c3c(c2c1)CNCC3.COc1ccc2c(c1)c1c(n2S(=O)(=O)c2ccc(C)cc2)CCN(C(=O)OC(C)(C)C)C1.COc1ccc2c(c1)c1c(n2S(=O)(=O)c2ccc(C)cc2)CCNC1.Cl.PP(P)P. The van der Waals surface area contributed by atoms with Gasteiger partial charge in [0.25, 0.3) is 20.0 Å². The summed E-state index contributed by atoms with van der Waals surface area (Å²) in [7, 11) is 8.65. The number of rotatable bonds is 10. The van der Waals surface area contributed by atoms with Crippen molar-refractivity contribution in [1.29, 1.82) is 0 Å². The number of fused-ring (bicyclic) bond motifs is 12. The summed E-state index contributed by atoms with van der Waals surface area (Å²) in [6.45, 7) is 26.9. The van der Waals surface area contributed by atoms with Crippen LogP contribution < -0.4 is 45.6 Å². The van der Waals surface area contributed by atoms with Gasteiger partial charge in [-0.05, 0) is 216 Å². The number of halogens is 1. The van der Waals surface area contributed by atoms with E-state index in [1.165, 1.54) is 35.8 Å². The number of nitrogens with zero attached hydrogens (tertiary/aromatic N) is 5. The fourth-order valence-corrected chi connectivity index (χ4v) is 17.6. The zero-order valence-electron chi connectivity index (χ0n) is 72.9. The van der Waals surface area contributed by atoms with E-state index in [0.29, 0.717) is 92.3 Å². The second-order valence-electron chi connectivity index (χ2n) is 32.8. The molecule has 124 heavy (non-hydrogen) atoms. The number of amides is 3. The van der Waals surface area contributed by atoms with Gasteiger partial charge in [0.05, 0.1) is 69.5 Å². The number of carbonyl (C=O) groups is 4. The first-order valence-electron chi connectivity index (χ1n) is 40.2. The number of carbonyl (C=O) groups excluding carboxylic acids is 4. The van der Waals surface area contributed by atoms with Crippen molar-refractivity contribution in [2.75, 3.05) is 80.2 Å². The Balaban J connectivity index is 0.000000188. The number of aryl methyl sites for hydroxylation is 2. The Morgan fingerprint density at radius 2 is 0.782 bits per heavy atom. The summed E-state index contributed by atoms with van der Waals surface area (Å²) >= 11 is 0. The molecule has 27 nitrogen and oxygen atoms in total. The van der Waals surface area contributed by atoms with E-state index in [9.17, 15) is 36.0 Å². The Labute approximate surface area is 743 Å². The van der Waals surface area contributed by atoms with Crippen molar-refractivity contribution in [1.82, 2.24) is 43.2 Å². The van der Waals surface area contributed by atoms with Crippen LogP contribution in [0.3, 0.4) is 0 Å². The molecule has 3 amide bonds. The van der Waals surface area contributed by atoms with Crippen LogP contribution in [0.2, 0.25) is 0 Å². The number of nitrogens with two attached hydrogens (primary N) is 1. The maximum absolute atomic E-state index is 13.7. The number of aromatic nitrogens is 4. The van der Waals surface area contributed by atoms with Gasteiger partial charge in [-0.25, -0.2) is 39.2 Å². The van der Waals surface area contributed by atoms with Crippen molar-refractivity contribution in [2.45, 2.75) is 175 Å². The summed E-state index contributed by atoms with van der Waals surface area (Å²) in [6, 6.07) is 44.3. The topological polar surface area (TPSA) is 324 Å². The van der Waals surface area contributed by atoms with Gasteiger partial charge in [-0.1, -0.05) is 42.8 Å². The van der Waals surface area contributed by atoms with E-state index in [1.807, 2.05) is 161 Å². The molecule has 0 aliphatic carbocycles. The molecular weight excluding hydrogens is 1710 g/mol. The van der Waals surface area contributed by atoms with Crippen LogP contribution in [-0.2, 0) is 90.9 Å². The normalized spacial score (nSPS) is 14.2. The number of benzene rings is 7. The summed E-state index contributed by atoms with van der Waals surface area (Å²) in [5.74, 6) is 9.31. The number of nitrogens with one attached hydrogen (secondary N) is 5. The molecule has 3 atom stereocenters. The van der Waals surface area contributed by atoms with Crippen LogP contribution in [0.1, 0.15) is 139 Å². The van der Waals surface area contributed by atoms with Crippen LogP contribution in [0.4, 0.5) is 20.1 Å². The molecule has 0 radical (unpaired) electrons. The smallest absolute Gasteiger partial charge is 0.410 e. The molecule has 16 rings (SSSR count). The highest BCUT2D eigenvalue weighted by Gasteiger charge is 2.36. The van der Waals surface area contributed by atoms with Gasteiger partial charge in [0, 0.05) is 163 Å². The lowest BCUT2D eigenvalue weighted by atomic mass is 10.0. The first-order chi connectivity index (χ1) is 57.8. The number of H-pyrrole nitrogens is 2. The third-order valence-corrected chi connectivity index (χ3v) is 23.9. The summed E-state index contributed by atoms with van der Waals surface area (Å²) in [5, 5.41) is 10.8. The molecule has 7 N–H and O–H groups in total. The van der Waals surface area contributed by atoms with E-state index in [-0.39, 0.29) is 56.2 Å². The number of piperidine rings is 1. The largest absolute Gasteiger partial charge is 0.497 e. The molecule has 5 aliphatic rings. The van der Waals surface area contributed by atoms with Crippen LogP contribution >= 0.6 is 46.2 Å². The van der Waals surface area contributed by atoms with Gasteiger partial charge in [0.2, 0.25) is 0 Å². The molecule has 4 aromatic heterocycles. The molecule has 9 heterocycles. The van der Waals surface area contributed by atoms with E-state index in [4.69, 9.17) is 43.7 Å². The maximum Gasteiger partial charge on any atom is 0.410 e. The Morgan fingerprint density at radius 3 is 1.21 bits per heavy atom. The van der Waals surface area contributed by atoms with Crippen molar-refractivity contribution < 1.29 is 73.9 Å². The van der Waals surface area contributed by atoms with Crippen LogP contribution in [0.15, 0.2) is 155 Å². The molecule has 0 bridgehead atoms. The Kier molecular flexibility index (Phi) is 35.4. The first-order valence-corrected chi connectivity index (χ1v) is 49.3. The number of Topliss-reactive ketones (excluding diaryl/α,β-unsaturated/α-hetero) is 1. The van der Waals surface area contributed by atoms with Gasteiger partial charge in [0.1, 0.15) is 51.3 Å². The van der Waals surface area contributed by atoms with E-state index >= 15 is 0 Å². The van der Waals surface area contributed by atoms with Crippen molar-refractivity contribution in [3.05, 3.63) is 202 Å².